The third kappa shape index (κ3) is 3.22. The van der Waals surface area contributed by atoms with E-state index in [1.807, 2.05) is 0 Å². The predicted molar refractivity (Wildman–Crippen MR) is 87.9 cm³/mol. The van der Waals surface area contributed by atoms with Gasteiger partial charge in [-0.25, -0.2) is 0 Å². The molecule has 132 valence electrons. The summed E-state index contributed by atoms with van der Waals surface area (Å²) in [5.41, 5.74) is 0. The fraction of sp³-hybridized carbons (Fsp3) is 0.947. The first kappa shape index (κ1) is 17.4. The number of carbonyl (C=O) groups excluding carboxylic acids is 1. The largest absolute Gasteiger partial charge is 0.392 e. The molecule has 0 aromatic carbocycles. The monoisotopic (exact) mass is 324 g/mol. The number of hydrogen-bond donors (Lipinski definition) is 1. The maximum atomic E-state index is 12.5. The average Bonchev–Trinajstić information content (AvgIpc) is 3.13. The third-order valence-corrected chi connectivity index (χ3v) is 6.59. The van der Waals surface area contributed by atoms with Crippen molar-refractivity contribution in [3.05, 3.63) is 0 Å². The fourth-order valence-electron chi connectivity index (χ4n) is 4.95. The molecule has 1 heterocycles. The Hall–Kier alpha value is -0.450. The summed E-state index contributed by atoms with van der Waals surface area (Å²) in [7, 11) is 0. The number of aliphatic hydroxyl groups is 1. The molecule has 4 nitrogen and oxygen atoms in total. The van der Waals surface area contributed by atoms with Gasteiger partial charge < -0.3 is 14.6 Å². The second-order valence-electron chi connectivity index (χ2n) is 7.71. The summed E-state index contributed by atoms with van der Waals surface area (Å²) in [5.74, 6) is 0.824. The van der Waals surface area contributed by atoms with Crippen molar-refractivity contribution in [2.24, 2.45) is 23.7 Å². The first-order valence-corrected chi connectivity index (χ1v) is 9.60. The van der Waals surface area contributed by atoms with E-state index in [1.165, 1.54) is 19.3 Å². The zero-order chi connectivity index (χ0) is 16.4. The number of fused-ring (bicyclic) bond motifs is 2. The molecule has 0 aromatic rings. The molecule has 23 heavy (non-hydrogen) atoms. The molecule has 0 amide bonds. The Morgan fingerprint density at radius 1 is 1.22 bits per heavy atom. The van der Waals surface area contributed by atoms with Crippen LogP contribution in [0.1, 0.15) is 65.2 Å². The summed E-state index contributed by atoms with van der Waals surface area (Å²) < 4.78 is 11.5. The van der Waals surface area contributed by atoms with E-state index >= 15 is 0 Å². The maximum Gasteiger partial charge on any atom is 0.172 e. The van der Waals surface area contributed by atoms with E-state index in [2.05, 4.69) is 13.8 Å². The SMILES string of the molecule is CCC(CC)CCCCC(=O)[C@@H]1C[C@H]2[C@@H](CC23OCCO3)C1O. The van der Waals surface area contributed by atoms with Crippen molar-refractivity contribution in [1.82, 2.24) is 0 Å². The van der Waals surface area contributed by atoms with Crippen molar-refractivity contribution in [2.75, 3.05) is 13.2 Å². The fourth-order valence-corrected chi connectivity index (χ4v) is 4.95. The van der Waals surface area contributed by atoms with E-state index in [1.54, 1.807) is 0 Å². The quantitative estimate of drug-likeness (QED) is 0.696. The highest BCUT2D eigenvalue weighted by Crippen LogP contribution is 2.59. The Labute approximate surface area is 139 Å². The van der Waals surface area contributed by atoms with Crippen LogP contribution in [-0.4, -0.2) is 36.0 Å². The van der Waals surface area contributed by atoms with Crippen molar-refractivity contribution in [3.8, 4) is 0 Å². The van der Waals surface area contributed by atoms with E-state index in [9.17, 15) is 9.90 Å². The molecule has 0 radical (unpaired) electrons. The first-order valence-electron chi connectivity index (χ1n) is 9.60. The number of hydrogen-bond acceptors (Lipinski definition) is 4. The third-order valence-electron chi connectivity index (χ3n) is 6.59. The van der Waals surface area contributed by atoms with Crippen LogP contribution >= 0.6 is 0 Å². The van der Waals surface area contributed by atoms with Gasteiger partial charge in [-0.2, -0.15) is 0 Å². The maximum absolute atomic E-state index is 12.5. The molecular formula is C19H32O4. The van der Waals surface area contributed by atoms with Gasteiger partial charge in [0.05, 0.1) is 19.3 Å². The molecule has 3 aliphatic rings. The Bertz CT molecular complexity index is 412. The van der Waals surface area contributed by atoms with Gasteiger partial charge in [-0.1, -0.05) is 39.5 Å². The van der Waals surface area contributed by atoms with Crippen LogP contribution in [0.25, 0.3) is 0 Å². The first-order chi connectivity index (χ1) is 11.1. The number of aliphatic hydroxyl groups excluding tert-OH is 1. The van der Waals surface area contributed by atoms with Crippen LogP contribution in [0.4, 0.5) is 0 Å². The number of carbonyl (C=O) groups is 1. The lowest BCUT2D eigenvalue weighted by Gasteiger charge is -2.48. The van der Waals surface area contributed by atoms with E-state index in [-0.39, 0.29) is 23.5 Å². The van der Waals surface area contributed by atoms with Crippen LogP contribution in [0.5, 0.6) is 0 Å². The molecule has 1 spiro atoms. The molecule has 4 atom stereocenters. The highest BCUT2D eigenvalue weighted by Gasteiger charge is 2.65. The second-order valence-corrected chi connectivity index (χ2v) is 7.71. The number of rotatable bonds is 8. The minimum Gasteiger partial charge on any atom is -0.392 e. The normalized spacial score (nSPS) is 34.8. The molecule has 2 aliphatic carbocycles. The lowest BCUT2D eigenvalue weighted by Crippen LogP contribution is -2.54. The van der Waals surface area contributed by atoms with Gasteiger partial charge in [-0.3, -0.25) is 4.79 Å². The van der Waals surface area contributed by atoms with Gasteiger partial charge in [0.2, 0.25) is 0 Å². The Morgan fingerprint density at radius 3 is 2.57 bits per heavy atom. The Kier molecular flexibility index (Phi) is 5.44. The molecule has 4 heteroatoms. The van der Waals surface area contributed by atoms with Crippen LogP contribution in [0.3, 0.4) is 0 Å². The Balaban J connectivity index is 1.44. The lowest BCUT2D eigenvalue weighted by molar-refractivity contribution is -0.275. The number of ether oxygens (including phenoxy) is 2. The van der Waals surface area contributed by atoms with Crippen LogP contribution in [-0.2, 0) is 14.3 Å². The zero-order valence-electron chi connectivity index (χ0n) is 14.6. The average molecular weight is 324 g/mol. The van der Waals surface area contributed by atoms with Gasteiger partial charge in [0.1, 0.15) is 5.78 Å². The van der Waals surface area contributed by atoms with Crippen molar-refractivity contribution < 1.29 is 19.4 Å². The standard InChI is InChI=1S/C19H32O4/c1-3-13(4-2)7-5-6-8-17(20)14-11-16-15(18(14)21)12-19(16)22-9-10-23-19/h13-16,18,21H,3-12H2,1-2H3/t14-,15+,16-,18?/m0/s1. The van der Waals surface area contributed by atoms with Crippen molar-refractivity contribution in [2.45, 2.75) is 77.1 Å². The van der Waals surface area contributed by atoms with Crippen LogP contribution in [0, 0.1) is 23.7 Å². The number of ketones is 1. The van der Waals surface area contributed by atoms with E-state index < -0.39 is 11.9 Å². The minimum atomic E-state index is -0.482. The second kappa shape index (κ2) is 7.20. The molecule has 3 fully saturated rings. The number of unbranched alkanes of at least 4 members (excludes halogenated alkanes) is 1. The molecule has 0 aromatic heterocycles. The van der Waals surface area contributed by atoms with Crippen LogP contribution < -0.4 is 0 Å². The smallest absolute Gasteiger partial charge is 0.172 e. The molecule has 2 saturated carbocycles. The predicted octanol–water partition coefficient (Wildman–Crippen LogP) is 3.31. The van der Waals surface area contributed by atoms with E-state index in [4.69, 9.17) is 9.47 Å². The lowest BCUT2D eigenvalue weighted by atomic mass is 9.69. The van der Waals surface area contributed by atoms with Crippen LogP contribution in [0.15, 0.2) is 0 Å². The molecule has 1 saturated heterocycles. The summed E-state index contributed by atoms with van der Waals surface area (Å²) >= 11 is 0. The van der Waals surface area contributed by atoms with E-state index in [0.29, 0.717) is 19.6 Å². The molecule has 1 N–H and O–H groups in total. The molecule has 3 rings (SSSR count). The van der Waals surface area contributed by atoms with Gasteiger partial charge in [-0.05, 0) is 24.7 Å². The molecular weight excluding hydrogens is 292 g/mol. The minimum absolute atomic E-state index is 0.190. The van der Waals surface area contributed by atoms with Gasteiger partial charge in [0, 0.05) is 24.7 Å². The summed E-state index contributed by atoms with van der Waals surface area (Å²) in [6.45, 7) is 5.78. The highest BCUT2D eigenvalue weighted by molar-refractivity contribution is 5.82. The van der Waals surface area contributed by atoms with Gasteiger partial charge in [0.25, 0.3) is 0 Å². The Morgan fingerprint density at radius 2 is 1.91 bits per heavy atom. The zero-order valence-corrected chi connectivity index (χ0v) is 14.6. The number of Topliss-reactive ketones (excluding diaryl/α,β-unsaturated/α-hetero) is 1. The molecule has 1 aliphatic heterocycles. The topological polar surface area (TPSA) is 55.8 Å². The van der Waals surface area contributed by atoms with Crippen LogP contribution in [0.2, 0.25) is 0 Å². The van der Waals surface area contributed by atoms with Gasteiger partial charge >= 0.3 is 0 Å². The highest BCUT2D eigenvalue weighted by atomic mass is 16.7. The summed E-state index contributed by atoms with van der Waals surface area (Å²) in [6, 6.07) is 0. The molecule has 0 bridgehead atoms. The summed E-state index contributed by atoms with van der Waals surface area (Å²) in [4.78, 5) is 12.5. The summed E-state index contributed by atoms with van der Waals surface area (Å²) in [6.07, 6.45) is 7.43. The van der Waals surface area contributed by atoms with Crippen molar-refractivity contribution in [3.63, 3.8) is 0 Å². The molecule has 1 unspecified atom stereocenters. The van der Waals surface area contributed by atoms with Gasteiger partial charge in [0.15, 0.2) is 5.79 Å². The summed E-state index contributed by atoms with van der Waals surface area (Å²) in [5, 5.41) is 10.5. The van der Waals surface area contributed by atoms with Gasteiger partial charge in [-0.15, -0.1) is 0 Å². The van der Waals surface area contributed by atoms with Crippen molar-refractivity contribution >= 4 is 5.78 Å². The van der Waals surface area contributed by atoms with Crippen molar-refractivity contribution in [1.29, 1.82) is 0 Å². The van der Waals surface area contributed by atoms with E-state index in [0.717, 1.165) is 31.6 Å².